The van der Waals surface area contributed by atoms with E-state index in [4.69, 9.17) is 4.98 Å². The highest BCUT2D eigenvalue weighted by Crippen LogP contribution is 2.35. The molecule has 0 aliphatic rings. The third-order valence-corrected chi connectivity index (χ3v) is 5.46. The Morgan fingerprint density at radius 2 is 1.79 bits per heavy atom. The van der Waals surface area contributed by atoms with Crippen molar-refractivity contribution in [2.45, 2.75) is 33.6 Å². The maximum absolute atomic E-state index is 13.6. The van der Waals surface area contributed by atoms with Crippen molar-refractivity contribution >= 4 is 10.9 Å². The molecular weight excluding hydrogens is 367 g/mol. The first-order valence-electron chi connectivity index (χ1n) is 9.55. The molecule has 2 heterocycles. The standard InChI is InChI=1S/C23H23FN4O/c1-14(23(2,3)4)15-5-8-19-16(11-15)6-9-20(25-19)21-13-28(27-26-21)17-7-10-22(29)18(24)12-17/h5-14,29H,1-4H3. The number of hydrogen-bond donors (Lipinski definition) is 1. The van der Waals surface area contributed by atoms with E-state index in [2.05, 4.69) is 50.1 Å². The lowest BCUT2D eigenvalue weighted by Crippen LogP contribution is -2.15. The highest BCUT2D eigenvalue weighted by Gasteiger charge is 2.21. The minimum absolute atomic E-state index is 0.188. The lowest BCUT2D eigenvalue weighted by atomic mass is 9.77. The SMILES string of the molecule is CC(c1ccc2nc(-c3cn(-c4ccc(O)c(F)c4)nn3)ccc2c1)C(C)(C)C. The van der Waals surface area contributed by atoms with Crippen LogP contribution in [0.5, 0.6) is 5.75 Å². The number of phenols is 1. The quantitative estimate of drug-likeness (QED) is 0.503. The third-order valence-electron chi connectivity index (χ3n) is 5.46. The molecule has 4 aromatic rings. The predicted molar refractivity (Wildman–Crippen MR) is 112 cm³/mol. The Balaban J connectivity index is 1.66. The van der Waals surface area contributed by atoms with Gasteiger partial charge in [-0.25, -0.2) is 14.1 Å². The molecule has 0 fully saturated rings. The maximum Gasteiger partial charge on any atom is 0.166 e. The summed E-state index contributed by atoms with van der Waals surface area (Å²) in [5.74, 6) is -0.675. The van der Waals surface area contributed by atoms with Crippen LogP contribution >= 0.6 is 0 Å². The largest absolute Gasteiger partial charge is 0.505 e. The van der Waals surface area contributed by atoms with Crippen LogP contribution in [-0.2, 0) is 0 Å². The highest BCUT2D eigenvalue weighted by atomic mass is 19.1. The van der Waals surface area contributed by atoms with E-state index in [0.29, 0.717) is 23.0 Å². The first kappa shape index (κ1) is 19.1. The van der Waals surface area contributed by atoms with Crippen LogP contribution in [-0.4, -0.2) is 25.1 Å². The second kappa shape index (κ2) is 6.95. The molecule has 0 bridgehead atoms. The van der Waals surface area contributed by atoms with Crippen molar-refractivity contribution in [2.75, 3.05) is 0 Å². The van der Waals surface area contributed by atoms with Crippen molar-refractivity contribution < 1.29 is 9.50 Å². The summed E-state index contributed by atoms with van der Waals surface area (Å²) in [7, 11) is 0. The second-order valence-corrected chi connectivity index (χ2v) is 8.42. The number of nitrogens with zero attached hydrogens (tertiary/aromatic N) is 4. The van der Waals surface area contributed by atoms with Crippen molar-refractivity contribution in [3.8, 4) is 22.8 Å². The van der Waals surface area contributed by atoms with Gasteiger partial charge in [0.2, 0.25) is 0 Å². The van der Waals surface area contributed by atoms with Gasteiger partial charge >= 0.3 is 0 Å². The fourth-order valence-corrected chi connectivity index (χ4v) is 3.20. The van der Waals surface area contributed by atoms with Gasteiger partial charge in [-0.2, -0.15) is 0 Å². The van der Waals surface area contributed by atoms with Gasteiger partial charge in [-0.1, -0.05) is 45.0 Å². The smallest absolute Gasteiger partial charge is 0.166 e. The fraction of sp³-hybridized carbons (Fsp3) is 0.261. The lowest BCUT2D eigenvalue weighted by molar-refractivity contribution is 0.340. The monoisotopic (exact) mass is 390 g/mol. The van der Waals surface area contributed by atoms with E-state index in [1.807, 2.05) is 18.2 Å². The molecule has 0 aliphatic heterocycles. The molecule has 1 unspecified atom stereocenters. The van der Waals surface area contributed by atoms with Crippen LogP contribution < -0.4 is 0 Å². The topological polar surface area (TPSA) is 63.8 Å². The zero-order valence-electron chi connectivity index (χ0n) is 16.9. The first-order valence-corrected chi connectivity index (χ1v) is 9.55. The fourth-order valence-electron chi connectivity index (χ4n) is 3.20. The minimum Gasteiger partial charge on any atom is -0.505 e. The van der Waals surface area contributed by atoms with Crippen molar-refractivity contribution in [2.24, 2.45) is 5.41 Å². The highest BCUT2D eigenvalue weighted by molar-refractivity contribution is 5.82. The van der Waals surface area contributed by atoms with Gasteiger partial charge in [0.1, 0.15) is 5.69 Å². The molecule has 2 aromatic heterocycles. The van der Waals surface area contributed by atoms with Crippen LogP contribution in [0.4, 0.5) is 4.39 Å². The van der Waals surface area contributed by atoms with E-state index in [1.54, 1.807) is 12.3 Å². The third kappa shape index (κ3) is 3.70. The number of fused-ring (bicyclic) bond motifs is 1. The van der Waals surface area contributed by atoms with Gasteiger partial charge in [-0.05, 0) is 47.2 Å². The van der Waals surface area contributed by atoms with Gasteiger partial charge in [0.15, 0.2) is 11.6 Å². The van der Waals surface area contributed by atoms with Gasteiger partial charge in [0, 0.05) is 11.5 Å². The molecular formula is C23H23FN4O. The number of halogens is 1. The number of aromatic hydroxyl groups is 1. The number of rotatable bonds is 3. The molecule has 0 spiro atoms. The summed E-state index contributed by atoms with van der Waals surface area (Å²) >= 11 is 0. The molecule has 0 amide bonds. The number of benzene rings is 2. The molecule has 29 heavy (non-hydrogen) atoms. The van der Waals surface area contributed by atoms with Crippen molar-refractivity contribution in [3.63, 3.8) is 0 Å². The Kier molecular flexibility index (Phi) is 4.57. The summed E-state index contributed by atoms with van der Waals surface area (Å²) in [5, 5.41) is 18.6. The summed E-state index contributed by atoms with van der Waals surface area (Å²) in [4.78, 5) is 4.72. The molecule has 1 atom stereocenters. The summed E-state index contributed by atoms with van der Waals surface area (Å²) in [6.45, 7) is 8.97. The van der Waals surface area contributed by atoms with Crippen LogP contribution in [0.25, 0.3) is 28.0 Å². The van der Waals surface area contributed by atoms with E-state index in [-0.39, 0.29) is 5.41 Å². The molecule has 2 aromatic carbocycles. The Labute approximate surface area is 168 Å². The van der Waals surface area contributed by atoms with Gasteiger partial charge in [-0.3, -0.25) is 0 Å². The molecule has 4 rings (SSSR count). The van der Waals surface area contributed by atoms with E-state index >= 15 is 0 Å². The van der Waals surface area contributed by atoms with Crippen molar-refractivity contribution in [3.05, 3.63) is 66.1 Å². The number of hydrogen-bond acceptors (Lipinski definition) is 4. The van der Waals surface area contributed by atoms with Gasteiger partial charge in [0.05, 0.1) is 23.1 Å². The first-order chi connectivity index (χ1) is 13.7. The Bertz CT molecular complexity index is 1190. The van der Waals surface area contributed by atoms with E-state index in [9.17, 15) is 9.50 Å². The second-order valence-electron chi connectivity index (χ2n) is 8.42. The molecule has 0 saturated heterocycles. The Hall–Kier alpha value is -3.28. The average molecular weight is 390 g/mol. The zero-order valence-corrected chi connectivity index (χ0v) is 16.9. The Morgan fingerprint density at radius 1 is 1.00 bits per heavy atom. The summed E-state index contributed by atoms with van der Waals surface area (Å²) in [6, 6.07) is 14.4. The minimum atomic E-state index is -0.705. The predicted octanol–water partition coefficient (Wildman–Crippen LogP) is 5.48. The maximum atomic E-state index is 13.6. The summed E-state index contributed by atoms with van der Waals surface area (Å²) < 4.78 is 15.1. The zero-order chi connectivity index (χ0) is 20.8. The van der Waals surface area contributed by atoms with Crippen molar-refractivity contribution in [1.82, 2.24) is 20.0 Å². The van der Waals surface area contributed by atoms with E-state index < -0.39 is 11.6 Å². The van der Waals surface area contributed by atoms with E-state index in [1.165, 1.54) is 22.4 Å². The van der Waals surface area contributed by atoms with Gasteiger partial charge < -0.3 is 5.11 Å². The number of aromatic nitrogens is 4. The molecule has 1 N–H and O–H groups in total. The summed E-state index contributed by atoms with van der Waals surface area (Å²) in [5.41, 5.74) is 4.12. The van der Waals surface area contributed by atoms with Crippen LogP contribution in [0.1, 0.15) is 39.2 Å². The van der Waals surface area contributed by atoms with Crippen LogP contribution in [0.2, 0.25) is 0 Å². The molecule has 0 saturated carbocycles. The molecule has 0 radical (unpaired) electrons. The molecule has 5 nitrogen and oxygen atoms in total. The van der Waals surface area contributed by atoms with Gasteiger partial charge in [0.25, 0.3) is 0 Å². The summed E-state index contributed by atoms with van der Waals surface area (Å²) in [6.07, 6.45) is 1.69. The van der Waals surface area contributed by atoms with Crippen LogP contribution in [0.3, 0.4) is 0 Å². The average Bonchev–Trinajstić information content (AvgIpc) is 3.18. The van der Waals surface area contributed by atoms with Gasteiger partial charge in [-0.15, -0.1) is 5.10 Å². The van der Waals surface area contributed by atoms with Crippen molar-refractivity contribution in [1.29, 1.82) is 0 Å². The van der Waals surface area contributed by atoms with Crippen LogP contribution in [0, 0.1) is 11.2 Å². The van der Waals surface area contributed by atoms with E-state index in [0.717, 1.165) is 10.9 Å². The number of phenolic OH excluding ortho intramolecular Hbond substituents is 1. The lowest BCUT2D eigenvalue weighted by Gasteiger charge is -2.27. The Morgan fingerprint density at radius 3 is 2.52 bits per heavy atom. The normalized spacial score (nSPS) is 13.0. The molecule has 148 valence electrons. The number of pyridine rings is 1. The van der Waals surface area contributed by atoms with Crippen LogP contribution in [0.15, 0.2) is 54.7 Å². The molecule has 0 aliphatic carbocycles. The molecule has 6 heteroatoms.